The normalized spacial score (nSPS) is 15.7. The van der Waals surface area contributed by atoms with Crippen molar-refractivity contribution in [1.82, 2.24) is 10.6 Å². The summed E-state index contributed by atoms with van der Waals surface area (Å²) < 4.78 is 0. The smallest absolute Gasteiger partial charge is 0.321 e. The molecule has 2 aromatic rings. The molecule has 2 aromatic carbocycles. The summed E-state index contributed by atoms with van der Waals surface area (Å²) in [4.78, 5) is 28.0. The van der Waals surface area contributed by atoms with Crippen LogP contribution >= 0.6 is 0 Å². The van der Waals surface area contributed by atoms with E-state index in [1.54, 1.807) is 12.1 Å². The molecule has 3 amide bonds. The Morgan fingerprint density at radius 2 is 1.71 bits per heavy atom. The second kappa shape index (κ2) is 9.23. The number of phenolic OH excluding ortho intramolecular Hbond substituents is 1. The van der Waals surface area contributed by atoms with Crippen molar-refractivity contribution in [2.75, 3.05) is 37.6 Å². The summed E-state index contributed by atoms with van der Waals surface area (Å²) in [6, 6.07) is 15.9. The third-order valence-corrected chi connectivity index (χ3v) is 5.01. The van der Waals surface area contributed by atoms with Gasteiger partial charge >= 0.3 is 6.03 Å². The Bertz CT molecular complexity index is 804. The van der Waals surface area contributed by atoms with Gasteiger partial charge in [0.2, 0.25) is 0 Å². The molecule has 0 bridgehead atoms. The molecule has 1 aliphatic heterocycles. The van der Waals surface area contributed by atoms with Crippen molar-refractivity contribution in [1.29, 1.82) is 0 Å². The van der Waals surface area contributed by atoms with Gasteiger partial charge in [0.1, 0.15) is 5.75 Å². The Kier molecular flexibility index (Phi) is 6.49. The lowest BCUT2D eigenvalue weighted by atomic mass is 10.0. The highest BCUT2D eigenvalue weighted by Crippen LogP contribution is 2.26. The Labute approximate surface area is 165 Å². The minimum Gasteiger partial charge on any atom is -0.506 e. The first-order chi connectivity index (χ1) is 13.6. The van der Waals surface area contributed by atoms with Gasteiger partial charge in [0.15, 0.2) is 6.04 Å². The molecule has 1 saturated heterocycles. The molecule has 1 atom stereocenters. The number of benzene rings is 2. The monoisotopic (exact) mass is 383 g/mol. The molecule has 0 unspecified atom stereocenters. The number of aromatic hydroxyl groups is 1. The van der Waals surface area contributed by atoms with Crippen LogP contribution in [-0.2, 0) is 4.79 Å². The topological polar surface area (TPSA) is 86.1 Å². The summed E-state index contributed by atoms with van der Waals surface area (Å²) in [5.74, 6) is -0.0392. The van der Waals surface area contributed by atoms with Gasteiger partial charge in [-0.15, -0.1) is 0 Å². The number of para-hydroxylation sites is 2. The molecule has 4 N–H and O–H groups in total. The van der Waals surface area contributed by atoms with E-state index in [0.29, 0.717) is 19.6 Å². The molecule has 1 heterocycles. The Morgan fingerprint density at radius 3 is 2.36 bits per heavy atom. The number of urea groups is 1. The van der Waals surface area contributed by atoms with Crippen LogP contribution in [0.2, 0.25) is 0 Å². The lowest BCUT2D eigenvalue weighted by Crippen LogP contribution is -3.16. The van der Waals surface area contributed by atoms with Crippen molar-refractivity contribution in [2.45, 2.75) is 13.0 Å². The van der Waals surface area contributed by atoms with Crippen LogP contribution in [0.3, 0.4) is 0 Å². The maximum atomic E-state index is 12.9. The number of anilines is 1. The number of amides is 3. The summed E-state index contributed by atoms with van der Waals surface area (Å²) in [7, 11) is 0. The molecule has 0 aliphatic carbocycles. The first-order valence-corrected chi connectivity index (χ1v) is 9.61. The molecule has 28 heavy (non-hydrogen) atoms. The molecule has 1 aliphatic rings. The fraction of sp³-hybridized carbons (Fsp3) is 0.333. The van der Waals surface area contributed by atoms with Gasteiger partial charge in [0, 0.05) is 12.1 Å². The lowest BCUT2D eigenvalue weighted by molar-refractivity contribution is -0.922. The fourth-order valence-corrected chi connectivity index (χ4v) is 3.66. The van der Waals surface area contributed by atoms with Gasteiger partial charge in [-0.2, -0.15) is 0 Å². The number of phenols is 1. The van der Waals surface area contributed by atoms with Gasteiger partial charge in [-0.3, -0.25) is 10.1 Å². The van der Waals surface area contributed by atoms with E-state index >= 15 is 0 Å². The van der Waals surface area contributed by atoms with Crippen molar-refractivity contribution in [3.8, 4) is 5.75 Å². The van der Waals surface area contributed by atoms with E-state index in [2.05, 4.69) is 15.5 Å². The number of imide groups is 1. The molecule has 148 valence electrons. The van der Waals surface area contributed by atoms with Crippen molar-refractivity contribution in [3.63, 3.8) is 0 Å². The van der Waals surface area contributed by atoms with Gasteiger partial charge in [0.25, 0.3) is 5.91 Å². The summed E-state index contributed by atoms with van der Waals surface area (Å²) in [5, 5.41) is 15.2. The Hall–Kier alpha value is -3.06. The summed E-state index contributed by atoms with van der Waals surface area (Å²) >= 11 is 0. The molecular weight excluding hydrogens is 356 g/mol. The van der Waals surface area contributed by atoms with Crippen LogP contribution in [0.1, 0.15) is 18.5 Å². The summed E-state index contributed by atoms with van der Waals surface area (Å²) in [5.41, 5.74) is 1.69. The van der Waals surface area contributed by atoms with Crippen LogP contribution in [0.25, 0.3) is 0 Å². The van der Waals surface area contributed by atoms with E-state index in [4.69, 9.17) is 0 Å². The quantitative estimate of drug-likeness (QED) is 0.612. The first kappa shape index (κ1) is 19.7. The number of quaternary nitrogens is 1. The predicted octanol–water partition coefficient (Wildman–Crippen LogP) is 0.684. The molecule has 0 aromatic heterocycles. The number of nitrogens with zero attached hydrogens (tertiary/aromatic N) is 1. The second-order valence-corrected chi connectivity index (χ2v) is 6.83. The van der Waals surface area contributed by atoms with E-state index in [1.165, 1.54) is 0 Å². The number of carbonyl (C=O) groups excluding carboxylic acids is 2. The average molecular weight is 383 g/mol. The largest absolute Gasteiger partial charge is 0.506 e. The second-order valence-electron chi connectivity index (χ2n) is 6.83. The zero-order chi connectivity index (χ0) is 19.9. The standard InChI is InChI=1S/C21H26N4O3/c1-2-22-21(28)23-20(27)19(16-8-4-3-5-9-16)25-14-12-24(13-15-25)17-10-6-7-11-18(17)26/h3-11,19,26H,2,12-15H2,1H3,(H2,22,23,27,28)/p+1/t19-/m1/s1. The molecule has 1 fully saturated rings. The first-order valence-electron chi connectivity index (χ1n) is 9.61. The van der Waals surface area contributed by atoms with Crippen LogP contribution < -0.4 is 20.4 Å². The van der Waals surface area contributed by atoms with Crippen LogP contribution in [-0.4, -0.2) is 49.8 Å². The third-order valence-electron chi connectivity index (χ3n) is 5.01. The number of carbonyl (C=O) groups is 2. The fourth-order valence-electron chi connectivity index (χ4n) is 3.66. The average Bonchev–Trinajstić information content (AvgIpc) is 2.70. The van der Waals surface area contributed by atoms with E-state index < -0.39 is 12.1 Å². The van der Waals surface area contributed by atoms with Gasteiger partial charge < -0.3 is 20.2 Å². The highest BCUT2D eigenvalue weighted by atomic mass is 16.3. The Morgan fingerprint density at radius 1 is 1.07 bits per heavy atom. The van der Waals surface area contributed by atoms with Gasteiger partial charge in [-0.25, -0.2) is 4.79 Å². The van der Waals surface area contributed by atoms with E-state index in [0.717, 1.165) is 29.2 Å². The molecule has 0 radical (unpaired) electrons. The van der Waals surface area contributed by atoms with Crippen molar-refractivity contribution in [3.05, 3.63) is 60.2 Å². The maximum absolute atomic E-state index is 12.9. The number of rotatable bonds is 5. The number of hydrogen-bond donors (Lipinski definition) is 4. The molecule has 7 heteroatoms. The molecule has 0 saturated carbocycles. The van der Waals surface area contributed by atoms with E-state index in [9.17, 15) is 14.7 Å². The summed E-state index contributed by atoms with van der Waals surface area (Å²) in [6.45, 7) is 5.13. The van der Waals surface area contributed by atoms with Crippen molar-refractivity contribution >= 4 is 17.6 Å². The zero-order valence-corrected chi connectivity index (χ0v) is 16.0. The van der Waals surface area contributed by atoms with Gasteiger partial charge in [0.05, 0.1) is 31.9 Å². The predicted molar refractivity (Wildman–Crippen MR) is 107 cm³/mol. The summed E-state index contributed by atoms with van der Waals surface area (Å²) in [6.07, 6.45) is 0. The van der Waals surface area contributed by atoms with E-state index in [1.807, 2.05) is 49.4 Å². The minimum absolute atomic E-state index is 0.263. The van der Waals surface area contributed by atoms with Gasteiger partial charge in [-0.05, 0) is 19.1 Å². The molecule has 7 nitrogen and oxygen atoms in total. The Balaban J connectivity index is 1.74. The number of piperazine rings is 1. The molecular formula is C21H27N4O3+. The zero-order valence-electron chi connectivity index (χ0n) is 16.0. The lowest BCUT2D eigenvalue weighted by Gasteiger charge is -2.37. The van der Waals surface area contributed by atoms with Crippen molar-refractivity contribution in [2.24, 2.45) is 0 Å². The third kappa shape index (κ3) is 4.61. The number of hydrogen-bond acceptors (Lipinski definition) is 4. The van der Waals surface area contributed by atoms with Crippen LogP contribution in [0.4, 0.5) is 10.5 Å². The maximum Gasteiger partial charge on any atom is 0.321 e. The highest BCUT2D eigenvalue weighted by molar-refractivity contribution is 5.96. The SMILES string of the molecule is CCNC(=O)NC(=O)[C@@H](c1ccccc1)[NH+]1CCN(c2ccccc2O)CC1. The molecule has 3 rings (SSSR count). The molecule has 0 spiro atoms. The van der Waals surface area contributed by atoms with Gasteiger partial charge in [-0.1, -0.05) is 42.5 Å². The minimum atomic E-state index is -0.472. The van der Waals surface area contributed by atoms with Crippen LogP contribution in [0, 0.1) is 0 Å². The van der Waals surface area contributed by atoms with Crippen LogP contribution in [0.15, 0.2) is 54.6 Å². The van der Waals surface area contributed by atoms with Crippen LogP contribution in [0.5, 0.6) is 5.75 Å². The van der Waals surface area contributed by atoms with Crippen molar-refractivity contribution < 1.29 is 19.6 Å². The number of nitrogens with one attached hydrogen (secondary N) is 3. The van der Waals surface area contributed by atoms with E-state index in [-0.39, 0.29) is 11.7 Å². The highest BCUT2D eigenvalue weighted by Gasteiger charge is 2.35.